The zero-order chi connectivity index (χ0) is 14.6. The van der Waals surface area contributed by atoms with E-state index in [1.54, 1.807) is 13.8 Å². The Morgan fingerprint density at radius 3 is 2.53 bits per heavy atom. The lowest BCUT2D eigenvalue weighted by Crippen LogP contribution is -2.45. The van der Waals surface area contributed by atoms with Crippen LogP contribution < -0.4 is 5.32 Å². The molecule has 19 heavy (non-hydrogen) atoms. The second-order valence-corrected chi connectivity index (χ2v) is 4.31. The highest BCUT2D eigenvalue weighted by Gasteiger charge is 2.27. The van der Waals surface area contributed by atoms with E-state index < -0.39 is 35.0 Å². The van der Waals surface area contributed by atoms with Crippen molar-refractivity contribution >= 4 is 11.9 Å². The number of aromatic hydroxyl groups is 1. The van der Waals surface area contributed by atoms with Crippen molar-refractivity contribution < 1.29 is 24.2 Å². The van der Waals surface area contributed by atoms with E-state index in [-0.39, 0.29) is 5.92 Å². The van der Waals surface area contributed by atoms with Crippen LogP contribution in [0.25, 0.3) is 0 Å². The number of phenolic OH excluding ortho intramolecular Hbond substituents is 1. The monoisotopic (exact) mass is 269 g/mol. The normalized spacial score (nSPS) is 13.6. The molecule has 0 aliphatic rings. The number of amides is 1. The third-order valence-corrected chi connectivity index (χ3v) is 2.98. The van der Waals surface area contributed by atoms with Crippen molar-refractivity contribution in [3.63, 3.8) is 0 Å². The zero-order valence-corrected chi connectivity index (χ0v) is 10.7. The number of benzene rings is 1. The maximum Gasteiger partial charge on any atom is 0.326 e. The molecule has 6 heteroatoms. The van der Waals surface area contributed by atoms with Crippen LogP contribution in [0, 0.1) is 11.7 Å². The summed E-state index contributed by atoms with van der Waals surface area (Å²) in [4.78, 5) is 22.9. The Balaban J connectivity index is 2.98. The quantitative estimate of drug-likeness (QED) is 0.760. The van der Waals surface area contributed by atoms with Gasteiger partial charge in [0.1, 0.15) is 23.2 Å². The maximum absolute atomic E-state index is 13.5. The van der Waals surface area contributed by atoms with Gasteiger partial charge < -0.3 is 15.5 Å². The number of nitrogens with one attached hydrogen (secondary N) is 1. The van der Waals surface area contributed by atoms with Gasteiger partial charge in [-0.3, -0.25) is 4.79 Å². The topological polar surface area (TPSA) is 86.6 Å². The van der Waals surface area contributed by atoms with Gasteiger partial charge in [0.05, 0.1) is 0 Å². The van der Waals surface area contributed by atoms with E-state index in [9.17, 15) is 19.1 Å². The first-order chi connectivity index (χ1) is 8.88. The molecule has 0 aromatic heterocycles. The highest BCUT2D eigenvalue weighted by atomic mass is 19.1. The Kier molecular flexibility index (Phi) is 4.86. The van der Waals surface area contributed by atoms with E-state index in [1.807, 2.05) is 0 Å². The highest BCUT2D eigenvalue weighted by molar-refractivity contribution is 5.99. The summed E-state index contributed by atoms with van der Waals surface area (Å²) in [6, 6.07) is 2.31. The minimum absolute atomic E-state index is 0.310. The van der Waals surface area contributed by atoms with E-state index >= 15 is 0 Å². The molecule has 104 valence electrons. The van der Waals surface area contributed by atoms with Crippen molar-refractivity contribution in [1.29, 1.82) is 0 Å². The molecule has 0 bridgehead atoms. The summed E-state index contributed by atoms with van der Waals surface area (Å²) in [5, 5.41) is 20.7. The minimum Gasteiger partial charge on any atom is -0.507 e. The lowest BCUT2D eigenvalue weighted by atomic mass is 9.99. The van der Waals surface area contributed by atoms with Gasteiger partial charge in [-0.2, -0.15) is 0 Å². The largest absolute Gasteiger partial charge is 0.507 e. The fraction of sp³-hybridized carbons (Fsp3) is 0.385. The molecule has 1 amide bonds. The lowest BCUT2D eigenvalue weighted by Gasteiger charge is -2.20. The second kappa shape index (κ2) is 6.17. The molecule has 2 atom stereocenters. The first-order valence-corrected chi connectivity index (χ1v) is 5.89. The Bertz CT molecular complexity index is 469. The third-order valence-electron chi connectivity index (χ3n) is 2.98. The minimum atomic E-state index is -1.20. The average Bonchev–Trinajstić information content (AvgIpc) is 2.34. The maximum atomic E-state index is 13.5. The Morgan fingerprint density at radius 1 is 1.42 bits per heavy atom. The summed E-state index contributed by atoms with van der Waals surface area (Å²) >= 11 is 0. The molecule has 0 radical (unpaired) electrons. The molecule has 1 aromatic carbocycles. The van der Waals surface area contributed by atoms with Crippen molar-refractivity contribution in [1.82, 2.24) is 5.32 Å². The molecular formula is C13H16FNO4. The van der Waals surface area contributed by atoms with Crippen LogP contribution in [0.15, 0.2) is 18.2 Å². The van der Waals surface area contributed by atoms with Crippen molar-refractivity contribution in [3.8, 4) is 5.75 Å². The van der Waals surface area contributed by atoms with Crippen LogP contribution >= 0.6 is 0 Å². The van der Waals surface area contributed by atoms with Crippen LogP contribution in [-0.4, -0.2) is 28.1 Å². The van der Waals surface area contributed by atoms with Crippen molar-refractivity contribution in [3.05, 3.63) is 29.6 Å². The standard InChI is InChI=1S/C13H16FNO4/c1-3-7(2)11(13(18)19)15-12(17)10-8(14)5-4-6-9(10)16/h4-7,11,16H,3H2,1-2H3,(H,15,17)(H,18,19)/t7?,11-/m0/s1. The molecule has 0 aliphatic heterocycles. The molecule has 0 spiro atoms. The first-order valence-electron chi connectivity index (χ1n) is 5.89. The van der Waals surface area contributed by atoms with Crippen molar-refractivity contribution in [2.45, 2.75) is 26.3 Å². The van der Waals surface area contributed by atoms with E-state index in [1.165, 1.54) is 6.07 Å². The fourth-order valence-electron chi connectivity index (χ4n) is 1.63. The first kappa shape index (κ1) is 14.9. The summed E-state index contributed by atoms with van der Waals surface area (Å²) in [6.07, 6.45) is 0.542. The smallest absolute Gasteiger partial charge is 0.326 e. The van der Waals surface area contributed by atoms with Gasteiger partial charge in [0.15, 0.2) is 0 Å². The lowest BCUT2D eigenvalue weighted by molar-refractivity contribution is -0.140. The van der Waals surface area contributed by atoms with E-state index in [4.69, 9.17) is 5.11 Å². The third kappa shape index (κ3) is 3.43. The SMILES string of the molecule is CCC(C)[C@H](NC(=O)c1c(O)cccc1F)C(=O)O. The van der Waals surface area contributed by atoms with Crippen molar-refractivity contribution in [2.24, 2.45) is 5.92 Å². The number of phenols is 1. The van der Waals surface area contributed by atoms with Gasteiger partial charge in [-0.25, -0.2) is 9.18 Å². The number of carboxylic acids is 1. The van der Waals surface area contributed by atoms with Crippen LogP contribution in [0.2, 0.25) is 0 Å². The number of carbonyl (C=O) groups is 2. The number of aliphatic carboxylic acids is 1. The molecule has 0 fully saturated rings. The van der Waals surface area contributed by atoms with Gasteiger partial charge in [0.25, 0.3) is 5.91 Å². The fourth-order valence-corrected chi connectivity index (χ4v) is 1.63. The molecule has 3 N–H and O–H groups in total. The van der Waals surface area contributed by atoms with Crippen LogP contribution in [0.4, 0.5) is 4.39 Å². The van der Waals surface area contributed by atoms with Gasteiger partial charge >= 0.3 is 5.97 Å². The van der Waals surface area contributed by atoms with Crippen LogP contribution in [0.3, 0.4) is 0 Å². The summed E-state index contributed by atoms with van der Waals surface area (Å²) in [7, 11) is 0. The van der Waals surface area contributed by atoms with Gasteiger partial charge in [0.2, 0.25) is 0 Å². The predicted molar refractivity (Wildman–Crippen MR) is 66.4 cm³/mol. The number of hydrogen-bond donors (Lipinski definition) is 3. The number of halogens is 1. The predicted octanol–water partition coefficient (Wildman–Crippen LogP) is 1.76. The summed E-state index contributed by atoms with van der Waals surface area (Å²) in [5.74, 6) is -3.87. The van der Waals surface area contributed by atoms with Crippen LogP contribution in [-0.2, 0) is 4.79 Å². The molecular weight excluding hydrogens is 253 g/mol. The Hall–Kier alpha value is -2.11. The summed E-state index contributed by atoms with van der Waals surface area (Å²) in [6.45, 7) is 3.45. The van der Waals surface area contributed by atoms with Gasteiger partial charge in [-0.05, 0) is 18.1 Å². The number of rotatable bonds is 5. The number of hydrogen-bond acceptors (Lipinski definition) is 3. The molecule has 0 heterocycles. The summed E-state index contributed by atoms with van der Waals surface area (Å²) in [5.41, 5.74) is -0.544. The van der Waals surface area contributed by atoms with Crippen LogP contribution in [0.5, 0.6) is 5.75 Å². The molecule has 1 aromatic rings. The number of carboxylic acid groups (broad SMARTS) is 1. The van der Waals surface area contributed by atoms with Crippen LogP contribution in [0.1, 0.15) is 30.6 Å². The molecule has 1 rings (SSSR count). The number of carbonyl (C=O) groups excluding carboxylic acids is 1. The zero-order valence-electron chi connectivity index (χ0n) is 10.7. The molecule has 0 saturated heterocycles. The highest BCUT2D eigenvalue weighted by Crippen LogP contribution is 2.20. The van der Waals surface area contributed by atoms with Crippen molar-refractivity contribution in [2.75, 3.05) is 0 Å². The average molecular weight is 269 g/mol. The Morgan fingerprint density at radius 2 is 2.05 bits per heavy atom. The molecule has 1 unspecified atom stereocenters. The summed E-state index contributed by atoms with van der Waals surface area (Å²) < 4.78 is 13.5. The van der Waals surface area contributed by atoms with Gasteiger partial charge in [0, 0.05) is 0 Å². The second-order valence-electron chi connectivity index (χ2n) is 4.31. The van der Waals surface area contributed by atoms with Gasteiger partial charge in [-0.1, -0.05) is 26.3 Å². The molecule has 0 aliphatic carbocycles. The molecule has 5 nitrogen and oxygen atoms in total. The Labute approximate surface area is 110 Å². The molecule has 0 saturated carbocycles. The van der Waals surface area contributed by atoms with E-state index in [0.717, 1.165) is 12.1 Å². The van der Waals surface area contributed by atoms with E-state index in [2.05, 4.69) is 5.32 Å². The van der Waals surface area contributed by atoms with Gasteiger partial charge in [-0.15, -0.1) is 0 Å². The van der Waals surface area contributed by atoms with E-state index in [0.29, 0.717) is 6.42 Å².